The molecule has 1 aliphatic heterocycles. The molecule has 1 aliphatic carbocycles. The molecule has 3 nitrogen and oxygen atoms in total. The van der Waals surface area contributed by atoms with E-state index in [0.29, 0.717) is 31.8 Å². The third kappa shape index (κ3) is 5.82. The van der Waals surface area contributed by atoms with Gasteiger partial charge in [0.2, 0.25) is 5.91 Å². The molecule has 0 aromatic heterocycles. The molecule has 1 amide bonds. The summed E-state index contributed by atoms with van der Waals surface area (Å²) < 4.78 is 38.6. The number of nitrogens with zero attached hydrogens (tertiary/aromatic N) is 1. The second-order valence-corrected chi connectivity index (χ2v) is 6.76. The van der Waals surface area contributed by atoms with E-state index in [1.54, 1.807) is 4.90 Å². The second kappa shape index (κ2) is 9.11. The molecule has 1 saturated heterocycles. The van der Waals surface area contributed by atoms with Gasteiger partial charge in [0.1, 0.15) is 0 Å². The summed E-state index contributed by atoms with van der Waals surface area (Å²) >= 11 is 0. The first-order valence-corrected chi connectivity index (χ1v) is 8.42. The van der Waals surface area contributed by atoms with E-state index in [0.717, 1.165) is 25.8 Å². The monoisotopic (exact) mass is 356 g/mol. The highest BCUT2D eigenvalue weighted by molar-refractivity contribution is 5.85. The number of rotatable bonds is 4. The summed E-state index contributed by atoms with van der Waals surface area (Å²) in [5.41, 5.74) is 0. The predicted molar refractivity (Wildman–Crippen MR) is 86.6 cm³/mol. The third-order valence-corrected chi connectivity index (χ3v) is 5.22. The van der Waals surface area contributed by atoms with Crippen molar-refractivity contribution in [3.05, 3.63) is 0 Å². The first-order valence-electron chi connectivity index (χ1n) is 8.42. The molecule has 0 spiro atoms. The van der Waals surface area contributed by atoms with Gasteiger partial charge in [0.25, 0.3) is 0 Å². The van der Waals surface area contributed by atoms with Crippen molar-refractivity contribution in [2.45, 2.75) is 51.1 Å². The summed E-state index contributed by atoms with van der Waals surface area (Å²) in [6.45, 7) is 2.40. The highest BCUT2D eigenvalue weighted by atomic mass is 35.5. The van der Waals surface area contributed by atoms with Gasteiger partial charge >= 0.3 is 6.18 Å². The maximum Gasteiger partial charge on any atom is 0.391 e. The molecule has 23 heavy (non-hydrogen) atoms. The maximum absolute atomic E-state index is 12.9. The lowest BCUT2D eigenvalue weighted by Gasteiger charge is -2.37. The van der Waals surface area contributed by atoms with Crippen LogP contribution in [0.4, 0.5) is 13.2 Å². The van der Waals surface area contributed by atoms with Gasteiger partial charge in [-0.05, 0) is 58.0 Å². The van der Waals surface area contributed by atoms with Crippen LogP contribution in [0.2, 0.25) is 0 Å². The van der Waals surface area contributed by atoms with Gasteiger partial charge in [-0.25, -0.2) is 0 Å². The Morgan fingerprint density at radius 2 is 1.83 bits per heavy atom. The van der Waals surface area contributed by atoms with Crippen molar-refractivity contribution in [2.24, 2.45) is 17.8 Å². The molecule has 0 radical (unpaired) electrons. The average molecular weight is 357 g/mol. The van der Waals surface area contributed by atoms with Gasteiger partial charge in [-0.3, -0.25) is 4.79 Å². The van der Waals surface area contributed by atoms with Crippen LogP contribution in [0.1, 0.15) is 44.9 Å². The first-order chi connectivity index (χ1) is 10.4. The summed E-state index contributed by atoms with van der Waals surface area (Å²) in [6.07, 6.45) is 0.203. The van der Waals surface area contributed by atoms with Crippen LogP contribution in [0.3, 0.4) is 0 Å². The van der Waals surface area contributed by atoms with E-state index < -0.39 is 18.0 Å². The van der Waals surface area contributed by atoms with E-state index in [2.05, 4.69) is 5.32 Å². The highest BCUT2D eigenvalue weighted by Gasteiger charge is 2.44. The van der Waals surface area contributed by atoms with E-state index >= 15 is 0 Å². The molecule has 2 atom stereocenters. The molecule has 0 aromatic carbocycles. The molecule has 0 aromatic rings. The smallest absolute Gasteiger partial charge is 0.342 e. The Morgan fingerprint density at radius 3 is 2.39 bits per heavy atom. The van der Waals surface area contributed by atoms with Crippen molar-refractivity contribution >= 4 is 18.3 Å². The van der Waals surface area contributed by atoms with Crippen molar-refractivity contribution in [1.29, 1.82) is 0 Å². The Morgan fingerprint density at radius 1 is 1.17 bits per heavy atom. The van der Waals surface area contributed by atoms with Crippen LogP contribution >= 0.6 is 12.4 Å². The first kappa shape index (κ1) is 20.6. The van der Waals surface area contributed by atoms with Gasteiger partial charge in [-0.2, -0.15) is 13.2 Å². The Bertz CT molecular complexity index is 371. The number of alkyl halides is 3. The molecule has 1 N–H and O–H groups in total. The van der Waals surface area contributed by atoms with E-state index in [1.165, 1.54) is 0 Å². The molecule has 2 unspecified atom stereocenters. The van der Waals surface area contributed by atoms with Gasteiger partial charge in [0.15, 0.2) is 0 Å². The average Bonchev–Trinajstić information content (AvgIpc) is 2.52. The number of hydrogen-bond donors (Lipinski definition) is 1. The lowest BCUT2D eigenvalue weighted by Crippen LogP contribution is -2.44. The normalized spacial score (nSPS) is 26.7. The summed E-state index contributed by atoms with van der Waals surface area (Å²) in [5.74, 6) is -1.12. The molecule has 136 valence electrons. The zero-order valence-electron chi connectivity index (χ0n) is 13.7. The molecule has 7 heteroatoms. The van der Waals surface area contributed by atoms with Gasteiger partial charge < -0.3 is 10.2 Å². The Labute approximate surface area is 142 Å². The molecule has 2 rings (SSSR count). The largest absolute Gasteiger partial charge is 0.391 e. The number of piperidine rings is 1. The van der Waals surface area contributed by atoms with E-state index in [9.17, 15) is 18.0 Å². The number of hydrogen-bond acceptors (Lipinski definition) is 2. The summed E-state index contributed by atoms with van der Waals surface area (Å²) in [5, 5.41) is 3.13. The summed E-state index contributed by atoms with van der Waals surface area (Å²) in [7, 11) is 1.93. The number of carbonyl (C=O) groups is 1. The number of likely N-dealkylation sites (tertiary alicyclic amines) is 1. The molecular formula is C16H28ClF3N2O. The zero-order chi connectivity index (χ0) is 16.2. The fourth-order valence-corrected chi connectivity index (χ4v) is 3.76. The Hall–Kier alpha value is -0.490. The molecule has 2 fully saturated rings. The van der Waals surface area contributed by atoms with Crippen LogP contribution < -0.4 is 5.32 Å². The molecule has 2 aliphatic rings. The number of halogens is 4. The van der Waals surface area contributed by atoms with Gasteiger partial charge in [0.05, 0.1) is 5.92 Å². The number of carbonyl (C=O) groups excluding carboxylic acids is 1. The van der Waals surface area contributed by atoms with Crippen molar-refractivity contribution in [2.75, 3.05) is 26.7 Å². The molecule has 0 bridgehead atoms. The van der Waals surface area contributed by atoms with Crippen LogP contribution in [0, 0.1) is 17.8 Å². The van der Waals surface area contributed by atoms with Crippen molar-refractivity contribution in [3.8, 4) is 0 Å². The minimum Gasteiger partial charge on any atom is -0.342 e. The van der Waals surface area contributed by atoms with Crippen LogP contribution in [0.25, 0.3) is 0 Å². The Balaban J connectivity index is 0.00000264. The summed E-state index contributed by atoms with van der Waals surface area (Å²) in [4.78, 5) is 14.3. The van der Waals surface area contributed by atoms with Crippen LogP contribution in [-0.2, 0) is 4.79 Å². The van der Waals surface area contributed by atoms with Crippen molar-refractivity contribution in [1.82, 2.24) is 10.2 Å². The van der Waals surface area contributed by atoms with Crippen molar-refractivity contribution < 1.29 is 18.0 Å². The minimum atomic E-state index is -4.15. The SMILES string of the molecule is CNCCC1CCN(C(=O)C2CCCC(C(F)(F)F)C2)CC1.Cl. The van der Waals surface area contributed by atoms with Gasteiger partial charge in [0, 0.05) is 19.0 Å². The predicted octanol–water partition coefficient (Wildman–Crippen LogP) is 3.63. The standard InChI is InChI=1S/C16H27F3N2O.ClH/c1-20-8-5-12-6-9-21(10-7-12)15(22)13-3-2-4-14(11-13)16(17,18)19;/h12-14,20H,2-11H2,1H3;1H. The molecule has 1 saturated carbocycles. The number of nitrogens with one attached hydrogen (secondary N) is 1. The Kier molecular flexibility index (Phi) is 8.14. The lowest BCUT2D eigenvalue weighted by molar-refractivity contribution is -0.187. The third-order valence-electron chi connectivity index (χ3n) is 5.22. The fraction of sp³-hybridized carbons (Fsp3) is 0.938. The van der Waals surface area contributed by atoms with Crippen LogP contribution in [0.5, 0.6) is 0 Å². The number of amides is 1. The van der Waals surface area contributed by atoms with Crippen LogP contribution in [-0.4, -0.2) is 43.7 Å². The maximum atomic E-state index is 12.9. The van der Waals surface area contributed by atoms with Crippen LogP contribution in [0.15, 0.2) is 0 Å². The van der Waals surface area contributed by atoms with E-state index in [-0.39, 0.29) is 31.2 Å². The summed E-state index contributed by atoms with van der Waals surface area (Å²) in [6, 6.07) is 0. The zero-order valence-corrected chi connectivity index (χ0v) is 14.5. The van der Waals surface area contributed by atoms with E-state index in [4.69, 9.17) is 0 Å². The minimum absolute atomic E-state index is 0. The van der Waals surface area contributed by atoms with E-state index in [1.807, 2.05) is 7.05 Å². The lowest BCUT2D eigenvalue weighted by atomic mass is 9.80. The quantitative estimate of drug-likeness (QED) is 0.834. The fourth-order valence-electron chi connectivity index (χ4n) is 3.76. The van der Waals surface area contributed by atoms with Gasteiger partial charge in [-0.1, -0.05) is 6.42 Å². The topological polar surface area (TPSA) is 32.3 Å². The molecule has 1 heterocycles. The van der Waals surface area contributed by atoms with Gasteiger partial charge in [-0.15, -0.1) is 12.4 Å². The van der Waals surface area contributed by atoms with Crippen molar-refractivity contribution in [3.63, 3.8) is 0 Å². The second-order valence-electron chi connectivity index (χ2n) is 6.76. The molecular weight excluding hydrogens is 329 g/mol. The highest BCUT2D eigenvalue weighted by Crippen LogP contribution is 2.40.